The first-order valence-electron chi connectivity index (χ1n) is 4.87. The van der Waals surface area contributed by atoms with Crippen LogP contribution < -0.4 is 4.90 Å². The summed E-state index contributed by atoms with van der Waals surface area (Å²) in [6.07, 6.45) is 1.43. The fourth-order valence-electron chi connectivity index (χ4n) is 1.68. The number of ether oxygens (including phenoxy) is 1. The molecule has 3 heteroatoms. The maximum absolute atomic E-state index is 11.5. The second-order valence-corrected chi connectivity index (χ2v) is 3.59. The molecule has 0 spiro atoms. The van der Waals surface area contributed by atoms with Gasteiger partial charge in [-0.3, -0.25) is 4.90 Å². The van der Waals surface area contributed by atoms with Gasteiger partial charge in [0.25, 0.3) is 0 Å². The van der Waals surface area contributed by atoms with Crippen molar-refractivity contribution in [3.05, 3.63) is 42.5 Å². The lowest BCUT2D eigenvalue weighted by Crippen LogP contribution is -2.31. The Labute approximate surface area is 89.0 Å². The van der Waals surface area contributed by atoms with E-state index < -0.39 is 0 Å². The lowest BCUT2D eigenvalue weighted by atomic mass is 10.2. The van der Waals surface area contributed by atoms with Crippen molar-refractivity contribution in [2.75, 3.05) is 11.5 Å². The van der Waals surface area contributed by atoms with Crippen LogP contribution in [0.1, 0.15) is 5.56 Å². The van der Waals surface area contributed by atoms with Crippen molar-refractivity contribution < 1.29 is 9.53 Å². The first-order chi connectivity index (χ1) is 7.22. The Morgan fingerprint density at radius 1 is 1.60 bits per heavy atom. The molecule has 1 aliphatic rings. The van der Waals surface area contributed by atoms with Crippen LogP contribution in [0.4, 0.5) is 10.5 Å². The van der Waals surface area contributed by atoms with Gasteiger partial charge in [-0.25, -0.2) is 4.79 Å². The Balaban J connectivity index is 2.36. The molecule has 1 fully saturated rings. The topological polar surface area (TPSA) is 29.5 Å². The normalized spacial score (nSPS) is 20.2. The highest BCUT2D eigenvalue weighted by Gasteiger charge is 2.31. The largest absolute Gasteiger partial charge is 0.447 e. The summed E-state index contributed by atoms with van der Waals surface area (Å²) in [5.74, 6) is 0. The first kappa shape index (κ1) is 9.77. The predicted octanol–water partition coefficient (Wildman–Crippen LogP) is 2.51. The van der Waals surface area contributed by atoms with Crippen LogP contribution in [0.25, 0.3) is 0 Å². The zero-order valence-corrected chi connectivity index (χ0v) is 8.64. The number of carbonyl (C=O) groups is 1. The third-order valence-electron chi connectivity index (χ3n) is 2.46. The van der Waals surface area contributed by atoms with E-state index in [0.717, 1.165) is 11.3 Å². The molecule has 0 aromatic heterocycles. The van der Waals surface area contributed by atoms with Crippen LogP contribution in [0.3, 0.4) is 0 Å². The van der Waals surface area contributed by atoms with Gasteiger partial charge in [-0.1, -0.05) is 18.2 Å². The molecule has 1 saturated heterocycles. The predicted molar refractivity (Wildman–Crippen MR) is 59.0 cm³/mol. The summed E-state index contributed by atoms with van der Waals surface area (Å²) in [5, 5.41) is 0. The maximum atomic E-state index is 11.5. The fourth-order valence-corrected chi connectivity index (χ4v) is 1.68. The molecule has 1 aromatic rings. The van der Waals surface area contributed by atoms with Crippen molar-refractivity contribution in [1.82, 2.24) is 0 Å². The molecule has 2 rings (SSSR count). The van der Waals surface area contributed by atoms with Gasteiger partial charge in [0.15, 0.2) is 0 Å². The number of anilines is 1. The summed E-state index contributed by atoms with van der Waals surface area (Å²) in [7, 11) is 0. The Morgan fingerprint density at radius 3 is 3.07 bits per heavy atom. The number of carbonyl (C=O) groups excluding carboxylic acids is 1. The Bertz CT molecular complexity index is 400. The smallest absolute Gasteiger partial charge is 0.415 e. The van der Waals surface area contributed by atoms with E-state index in [1.807, 2.05) is 31.2 Å². The van der Waals surface area contributed by atoms with Gasteiger partial charge in [0.1, 0.15) is 6.61 Å². The van der Waals surface area contributed by atoms with Crippen LogP contribution in [0.15, 0.2) is 36.9 Å². The van der Waals surface area contributed by atoms with E-state index in [0.29, 0.717) is 6.61 Å². The van der Waals surface area contributed by atoms with Gasteiger partial charge in [-0.2, -0.15) is 0 Å². The maximum Gasteiger partial charge on any atom is 0.415 e. The number of amides is 1. The third-order valence-corrected chi connectivity index (χ3v) is 2.46. The number of hydrogen-bond acceptors (Lipinski definition) is 2. The number of nitrogens with zero attached hydrogens (tertiary/aromatic N) is 1. The number of cyclic esters (lactones) is 1. The molecule has 0 saturated carbocycles. The van der Waals surface area contributed by atoms with Gasteiger partial charge in [0.05, 0.1) is 6.04 Å². The average molecular weight is 203 g/mol. The first-order valence-corrected chi connectivity index (χ1v) is 4.87. The van der Waals surface area contributed by atoms with Gasteiger partial charge >= 0.3 is 6.09 Å². The fraction of sp³-hybridized carbons (Fsp3) is 0.250. The second-order valence-electron chi connectivity index (χ2n) is 3.59. The minimum Gasteiger partial charge on any atom is -0.447 e. The molecule has 0 unspecified atom stereocenters. The van der Waals surface area contributed by atoms with Crippen molar-refractivity contribution in [3.8, 4) is 0 Å². The summed E-state index contributed by atoms with van der Waals surface area (Å²) in [4.78, 5) is 13.1. The molecule has 1 aliphatic heterocycles. The molecule has 1 atom stereocenters. The van der Waals surface area contributed by atoms with Gasteiger partial charge in [-0.15, -0.1) is 6.58 Å². The summed E-state index contributed by atoms with van der Waals surface area (Å²) in [6, 6.07) is 7.72. The number of benzene rings is 1. The highest BCUT2D eigenvalue weighted by molar-refractivity contribution is 5.90. The van der Waals surface area contributed by atoms with Gasteiger partial charge in [0, 0.05) is 5.69 Å². The van der Waals surface area contributed by atoms with Crippen molar-refractivity contribution in [1.29, 1.82) is 0 Å². The highest BCUT2D eigenvalue weighted by atomic mass is 16.6. The van der Waals surface area contributed by atoms with Crippen LogP contribution in [-0.2, 0) is 4.74 Å². The zero-order valence-electron chi connectivity index (χ0n) is 8.64. The number of aryl methyl sites for hydroxylation is 1. The molecule has 3 nitrogen and oxygen atoms in total. The zero-order chi connectivity index (χ0) is 10.8. The van der Waals surface area contributed by atoms with E-state index in [9.17, 15) is 4.79 Å². The summed E-state index contributed by atoms with van der Waals surface area (Å²) in [6.45, 7) is 6.08. The standard InChI is InChI=1S/C12H13NO2/c1-3-10-8-15-12(14)13(10)11-6-4-5-9(2)7-11/h3-7,10H,1,8H2,2H3/t10-/m0/s1. The number of hydrogen-bond donors (Lipinski definition) is 0. The monoisotopic (exact) mass is 203 g/mol. The van der Waals surface area contributed by atoms with E-state index >= 15 is 0 Å². The minimum absolute atomic E-state index is 0.0562. The molecule has 1 heterocycles. The van der Waals surface area contributed by atoms with Gasteiger partial charge in [-0.05, 0) is 24.6 Å². The molecule has 0 aliphatic carbocycles. The van der Waals surface area contributed by atoms with Crippen molar-refractivity contribution in [2.24, 2.45) is 0 Å². The van der Waals surface area contributed by atoms with Crippen molar-refractivity contribution >= 4 is 11.8 Å². The second kappa shape index (κ2) is 3.77. The van der Waals surface area contributed by atoms with E-state index in [4.69, 9.17) is 4.74 Å². The Hall–Kier alpha value is -1.77. The van der Waals surface area contributed by atoms with Crippen molar-refractivity contribution in [2.45, 2.75) is 13.0 Å². The van der Waals surface area contributed by atoms with Crippen LogP contribution in [0, 0.1) is 6.92 Å². The molecule has 78 valence electrons. The third kappa shape index (κ3) is 1.73. The quantitative estimate of drug-likeness (QED) is 0.691. The Morgan fingerprint density at radius 2 is 2.40 bits per heavy atom. The summed E-state index contributed by atoms with van der Waals surface area (Å²) in [5.41, 5.74) is 1.98. The van der Waals surface area contributed by atoms with E-state index in [1.54, 1.807) is 11.0 Å². The Kier molecular flexibility index (Phi) is 2.46. The summed E-state index contributed by atoms with van der Waals surface area (Å²) >= 11 is 0. The van der Waals surface area contributed by atoms with Crippen LogP contribution in [0.2, 0.25) is 0 Å². The van der Waals surface area contributed by atoms with Gasteiger partial charge < -0.3 is 4.74 Å². The molecular weight excluding hydrogens is 190 g/mol. The van der Waals surface area contributed by atoms with Crippen molar-refractivity contribution in [3.63, 3.8) is 0 Å². The molecule has 0 radical (unpaired) electrons. The molecular formula is C12H13NO2. The highest BCUT2D eigenvalue weighted by Crippen LogP contribution is 2.24. The van der Waals surface area contributed by atoms with E-state index in [-0.39, 0.29) is 12.1 Å². The van der Waals surface area contributed by atoms with Gasteiger partial charge in [0.2, 0.25) is 0 Å². The molecule has 0 bridgehead atoms. The lowest BCUT2D eigenvalue weighted by molar-refractivity contribution is 0.180. The van der Waals surface area contributed by atoms with E-state index in [2.05, 4.69) is 6.58 Å². The summed E-state index contributed by atoms with van der Waals surface area (Å²) < 4.78 is 4.98. The lowest BCUT2D eigenvalue weighted by Gasteiger charge is -2.18. The molecule has 1 aromatic carbocycles. The number of rotatable bonds is 2. The molecule has 1 amide bonds. The van der Waals surface area contributed by atoms with Crippen LogP contribution >= 0.6 is 0 Å². The van der Waals surface area contributed by atoms with E-state index in [1.165, 1.54) is 0 Å². The van der Waals surface area contributed by atoms with Crippen LogP contribution in [0.5, 0.6) is 0 Å². The SMILES string of the molecule is C=C[C@H]1COC(=O)N1c1cccc(C)c1. The average Bonchev–Trinajstić information content (AvgIpc) is 2.59. The van der Waals surface area contributed by atoms with Crippen LogP contribution in [-0.4, -0.2) is 18.7 Å². The minimum atomic E-state index is -0.300. The molecule has 15 heavy (non-hydrogen) atoms. The molecule has 0 N–H and O–H groups in total.